The Morgan fingerprint density at radius 3 is 2.44 bits per heavy atom. The van der Waals surface area contributed by atoms with Crippen molar-refractivity contribution in [1.29, 1.82) is 0 Å². The van der Waals surface area contributed by atoms with Crippen molar-refractivity contribution in [1.82, 2.24) is 0 Å². The van der Waals surface area contributed by atoms with E-state index in [-0.39, 0.29) is 5.83 Å². The second-order valence-corrected chi connectivity index (χ2v) is 1.79. The first-order valence-electron chi connectivity index (χ1n) is 2.63. The van der Waals surface area contributed by atoms with E-state index in [0.717, 1.165) is 5.57 Å². The third-order valence-corrected chi connectivity index (χ3v) is 0.721. The molecule has 1 nitrogen and oxygen atoms in total. The molecule has 0 saturated carbocycles. The van der Waals surface area contributed by atoms with Gasteiger partial charge in [-0.3, -0.25) is 4.99 Å². The zero-order chi connectivity index (χ0) is 7.28. The molecular weight excluding hydrogens is 117 g/mol. The molecule has 0 radical (unpaired) electrons. The molecule has 0 aliphatic heterocycles. The Morgan fingerprint density at radius 1 is 1.56 bits per heavy atom. The summed E-state index contributed by atoms with van der Waals surface area (Å²) in [5.41, 5.74) is 0.769. The minimum atomic E-state index is -0.215. The van der Waals surface area contributed by atoms with E-state index in [1.165, 1.54) is 19.2 Å². The largest absolute Gasteiger partial charge is 0.272 e. The Hall–Kier alpha value is -0.920. The van der Waals surface area contributed by atoms with Crippen molar-refractivity contribution in [3.05, 3.63) is 23.7 Å². The third kappa shape index (κ3) is 4.94. The second-order valence-electron chi connectivity index (χ2n) is 1.79. The summed E-state index contributed by atoms with van der Waals surface area (Å²) in [6.07, 6.45) is 2.90. The molecule has 0 aromatic rings. The Morgan fingerprint density at radius 2 is 2.11 bits per heavy atom. The van der Waals surface area contributed by atoms with Crippen molar-refractivity contribution >= 4 is 6.72 Å². The highest BCUT2D eigenvalue weighted by molar-refractivity contribution is 5.28. The maximum Gasteiger partial charge on any atom is 0.0971 e. The van der Waals surface area contributed by atoms with Gasteiger partial charge in [-0.15, -0.1) is 0 Å². The summed E-state index contributed by atoms with van der Waals surface area (Å²) in [6.45, 7) is 6.38. The van der Waals surface area contributed by atoms with E-state index in [0.29, 0.717) is 0 Å². The van der Waals surface area contributed by atoms with Crippen LogP contribution in [0.5, 0.6) is 0 Å². The van der Waals surface area contributed by atoms with Crippen LogP contribution in [0.2, 0.25) is 0 Å². The summed E-state index contributed by atoms with van der Waals surface area (Å²) >= 11 is 0. The predicted molar refractivity (Wildman–Crippen MR) is 38.2 cm³/mol. The SMILES string of the molecule is C=N/C=C(C)\C=C(/C)F. The highest BCUT2D eigenvalue weighted by Gasteiger charge is 1.82. The van der Waals surface area contributed by atoms with Crippen molar-refractivity contribution in [2.75, 3.05) is 0 Å². The van der Waals surface area contributed by atoms with Gasteiger partial charge in [-0.25, -0.2) is 4.39 Å². The zero-order valence-corrected chi connectivity index (χ0v) is 5.69. The van der Waals surface area contributed by atoms with Gasteiger partial charge < -0.3 is 0 Å². The minimum absolute atomic E-state index is 0.215. The normalized spacial score (nSPS) is 13.7. The maximum atomic E-state index is 12.0. The molecule has 0 aliphatic carbocycles. The quantitative estimate of drug-likeness (QED) is 0.399. The number of halogens is 1. The van der Waals surface area contributed by atoms with Crippen molar-refractivity contribution in [3.8, 4) is 0 Å². The van der Waals surface area contributed by atoms with Gasteiger partial charge in [0.05, 0.1) is 5.83 Å². The highest BCUT2D eigenvalue weighted by atomic mass is 19.1. The summed E-state index contributed by atoms with van der Waals surface area (Å²) in [4.78, 5) is 3.47. The molecule has 0 aliphatic rings. The van der Waals surface area contributed by atoms with E-state index in [1.807, 2.05) is 0 Å². The summed E-state index contributed by atoms with van der Waals surface area (Å²) in [6, 6.07) is 0. The Bertz CT molecular complexity index is 152. The molecule has 0 saturated heterocycles. The molecular formula is C7H10FN. The van der Waals surface area contributed by atoms with Gasteiger partial charge >= 0.3 is 0 Å². The van der Waals surface area contributed by atoms with Crippen LogP contribution in [0.25, 0.3) is 0 Å². The number of hydrogen-bond acceptors (Lipinski definition) is 1. The van der Waals surface area contributed by atoms with Gasteiger partial charge in [-0.2, -0.15) is 0 Å². The Balaban J connectivity index is 4.05. The van der Waals surface area contributed by atoms with Gasteiger partial charge in [0.25, 0.3) is 0 Å². The number of hydrogen-bond donors (Lipinski definition) is 0. The van der Waals surface area contributed by atoms with Gasteiger partial charge in [-0.1, -0.05) is 0 Å². The second kappa shape index (κ2) is 4.01. The monoisotopic (exact) mass is 127 g/mol. The van der Waals surface area contributed by atoms with Crippen LogP contribution in [0.1, 0.15) is 13.8 Å². The van der Waals surface area contributed by atoms with Crippen LogP contribution in [-0.4, -0.2) is 6.72 Å². The molecule has 0 amide bonds. The van der Waals surface area contributed by atoms with E-state index in [9.17, 15) is 4.39 Å². The van der Waals surface area contributed by atoms with Gasteiger partial charge in [0.2, 0.25) is 0 Å². The van der Waals surface area contributed by atoms with Crippen LogP contribution >= 0.6 is 0 Å². The van der Waals surface area contributed by atoms with Gasteiger partial charge in [0.15, 0.2) is 0 Å². The number of rotatable bonds is 2. The lowest BCUT2D eigenvalue weighted by Gasteiger charge is -1.85. The summed E-state index contributed by atoms with van der Waals surface area (Å²) < 4.78 is 12.0. The standard InChI is InChI=1S/C7H10FN/c1-6(5-9-3)4-7(2)8/h4-5H,3H2,1-2H3/b6-5-,7-4+. The van der Waals surface area contributed by atoms with Gasteiger partial charge in [0, 0.05) is 6.20 Å². The average molecular weight is 127 g/mol. The summed E-state index contributed by atoms with van der Waals surface area (Å²) in [5, 5.41) is 0. The molecule has 0 fully saturated rings. The molecule has 9 heavy (non-hydrogen) atoms. The summed E-state index contributed by atoms with van der Waals surface area (Å²) in [7, 11) is 0. The molecule has 0 spiro atoms. The van der Waals surface area contributed by atoms with Crippen molar-refractivity contribution in [3.63, 3.8) is 0 Å². The molecule has 2 heteroatoms. The van der Waals surface area contributed by atoms with Crippen molar-refractivity contribution < 1.29 is 4.39 Å². The van der Waals surface area contributed by atoms with E-state index >= 15 is 0 Å². The zero-order valence-electron chi connectivity index (χ0n) is 5.69. The number of allylic oxidation sites excluding steroid dienone is 3. The molecule has 0 N–H and O–H groups in total. The fraction of sp³-hybridized carbons (Fsp3) is 0.286. The molecule has 0 aromatic heterocycles. The lowest BCUT2D eigenvalue weighted by Crippen LogP contribution is -1.67. The van der Waals surface area contributed by atoms with Crippen molar-refractivity contribution in [2.24, 2.45) is 4.99 Å². The Labute approximate surface area is 54.6 Å². The fourth-order valence-corrected chi connectivity index (χ4v) is 0.495. The maximum absolute atomic E-state index is 12.0. The van der Waals surface area contributed by atoms with Crippen molar-refractivity contribution in [2.45, 2.75) is 13.8 Å². The molecule has 0 bridgehead atoms. The first kappa shape index (κ1) is 8.08. The molecule has 0 aromatic carbocycles. The van der Waals surface area contributed by atoms with E-state index in [2.05, 4.69) is 11.7 Å². The van der Waals surface area contributed by atoms with E-state index in [4.69, 9.17) is 0 Å². The topological polar surface area (TPSA) is 12.4 Å². The first-order valence-corrected chi connectivity index (χ1v) is 2.63. The van der Waals surface area contributed by atoms with E-state index < -0.39 is 0 Å². The number of nitrogens with zero attached hydrogens (tertiary/aromatic N) is 1. The van der Waals surface area contributed by atoms with Crippen LogP contribution in [-0.2, 0) is 0 Å². The van der Waals surface area contributed by atoms with Gasteiger partial charge in [0.1, 0.15) is 0 Å². The van der Waals surface area contributed by atoms with Crippen LogP contribution < -0.4 is 0 Å². The average Bonchev–Trinajstić information content (AvgIpc) is 1.63. The molecule has 0 unspecified atom stereocenters. The predicted octanol–water partition coefficient (Wildman–Crippen LogP) is 2.46. The lowest BCUT2D eigenvalue weighted by atomic mass is 10.3. The molecule has 0 atom stereocenters. The first-order chi connectivity index (χ1) is 4.16. The lowest BCUT2D eigenvalue weighted by molar-refractivity contribution is 0.639. The van der Waals surface area contributed by atoms with Gasteiger partial charge in [-0.05, 0) is 32.2 Å². The molecule has 0 heterocycles. The minimum Gasteiger partial charge on any atom is -0.272 e. The fourth-order valence-electron chi connectivity index (χ4n) is 0.495. The Kier molecular flexibility index (Phi) is 3.60. The van der Waals surface area contributed by atoms with Crippen LogP contribution in [0.15, 0.2) is 28.7 Å². The highest BCUT2D eigenvalue weighted by Crippen LogP contribution is 2.01. The third-order valence-electron chi connectivity index (χ3n) is 0.721. The molecule has 0 rings (SSSR count). The summed E-state index contributed by atoms with van der Waals surface area (Å²) in [5.74, 6) is -0.215. The van der Waals surface area contributed by atoms with Crippen LogP contribution in [0.4, 0.5) is 4.39 Å². The van der Waals surface area contributed by atoms with Crippen LogP contribution in [0, 0.1) is 0 Å². The smallest absolute Gasteiger partial charge is 0.0971 e. The number of aliphatic imine (C=N–C) groups is 1. The van der Waals surface area contributed by atoms with Crippen LogP contribution in [0.3, 0.4) is 0 Å². The molecule has 50 valence electrons. The van der Waals surface area contributed by atoms with E-state index in [1.54, 1.807) is 6.92 Å².